The number of halogens is 1. The van der Waals surface area contributed by atoms with E-state index in [9.17, 15) is 14.4 Å². The molecular weight excluding hydrogens is 432 g/mol. The minimum atomic E-state index is -0.288. The zero-order chi connectivity index (χ0) is 22.8. The van der Waals surface area contributed by atoms with Crippen molar-refractivity contribution in [3.05, 3.63) is 51.9 Å². The molecule has 1 saturated heterocycles. The van der Waals surface area contributed by atoms with E-state index in [1.807, 2.05) is 24.3 Å². The molecule has 2 amide bonds. The lowest BCUT2D eigenvalue weighted by molar-refractivity contribution is -0.133. The Morgan fingerprint density at radius 3 is 2.50 bits per heavy atom. The number of amides is 2. The third-order valence-electron chi connectivity index (χ3n) is 5.75. The van der Waals surface area contributed by atoms with Gasteiger partial charge in [0, 0.05) is 63.8 Å². The van der Waals surface area contributed by atoms with Crippen LogP contribution in [0.5, 0.6) is 0 Å². The van der Waals surface area contributed by atoms with Gasteiger partial charge < -0.3 is 15.1 Å². The van der Waals surface area contributed by atoms with Crippen LogP contribution in [0.3, 0.4) is 0 Å². The van der Waals surface area contributed by atoms with Crippen molar-refractivity contribution in [2.45, 2.75) is 12.8 Å². The molecule has 32 heavy (non-hydrogen) atoms. The maximum atomic E-state index is 12.6. The SMILES string of the molecule is Cn1c(=O)n(C)c2nc(NC(=O)CCC(=O)N3CCN(c4cccc(Cl)c4)CC3)ccc21. The number of fused-ring (bicyclic) bond motifs is 1. The molecule has 0 unspecified atom stereocenters. The lowest BCUT2D eigenvalue weighted by Gasteiger charge is -2.36. The summed E-state index contributed by atoms with van der Waals surface area (Å²) in [5, 5.41) is 3.41. The first-order valence-corrected chi connectivity index (χ1v) is 10.8. The summed E-state index contributed by atoms with van der Waals surface area (Å²) < 4.78 is 2.93. The number of hydrogen-bond donors (Lipinski definition) is 1. The summed E-state index contributed by atoms with van der Waals surface area (Å²) in [6.45, 7) is 2.65. The van der Waals surface area contributed by atoms with E-state index in [1.165, 1.54) is 9.13 Å². The van der Waals surface area contributed by atoms with E-state index >= 15 is 0 Å². The highest BCUT2D eigenvalue weighted by atomic mass is 35.5. The molecule has 10 heteroatoms. The highest BCUT2D eigenvalue weighted by molar-refractivity contribution is 6.30. The molecule has 4 rings (SSSR count). The van der Waals surface area contributed by atoms with Gasteiger partial charge in [0.25, 0.3) is 0 Å². The van der Waals surface area contributed by atoms with E-state index < -0.39 is 0 Å². The Morgan fingerprint density at radius 1 is 1.03 bits per heavy atom. The molecule has 3 heterocycles. The maximum absolute atomic E-state index is 12.6. The van der Waals surface area contributed by atoms with Crippen molar-refractivity contribution in [1.82, 2.24) is 19.0 Å². The molecule has 9 nitrogen and oxygen atoms in total. The first kappa shape index (κ1) is 21.9. The first-order valence-electron chi connectivity index (χ1n) is 10.4. The highest BCUT2D eigenvalue weighted by Crippen LogP contribution is 2.21. The normalized spacial score (nSPS) is 14.1. The Hall–Kier alpha value is -3.33. The Balaban J connectivity index is 1.28. The van der Waals surface area contributed by atoms with Crippen LogP contribution in [-0.4, -0.2) is 57.0 Å². The summed E-state index contributed by atoms with van der Waals surface area (Å²) in [7, 11) is 3.30. The van der Waals surface area contributed by atoms with Gasteiger partial charge in [-0.1, -0.05) is 17.7 Å². The fraction of sp³-hybridized carbons (Fsp3) is 0.364. The predicted molar refractivity (Wildman–Crippen MR) is 124 cm³/mol. The van der Waals surface area contributed by atoms with Gasteiger partial charge >= 0.3 is 5.69 Å². The molecule has 0 atom stereocenters. The number of aryl methyl sites for hydroxylation is 2. The molecular formula is C22H25ClN6O3. The number of pyridine rings is 1. The fourth-order valence-electron chi connectivity index (χ4n) is 3.91. The number of anilines is 2. The topological polar surface area (TPSA) is 92.5 Å². The first-order chi connectivity index (χ1) is 15.3. The zero-order valence-corrected chi connectivity index (χ0v) is 18.8. The minimum Gasteiger partial charge on any atom is -0.368 e. The molecule has 1 fully saturated rings. The number of hydrogen-bond acceptors (Lipinski definition) is 5. The number of aromatic nitrogens is 3. The third kappa shape index (κ3) is 4.47. The average molecular weight is 457 g/mol. The standard InChI is InChI=1S/C22H25ClN6O3/c1-26-17-6-7-18(25-21(17)27(2)22(26)32)24-19(30)8-9-20(31)29-12-10-28(11-13-29)16-5-3-4-15(23)14-16/h3-7,14H,8-13H2,1-2H3,(H,24,25,30). The number of benzene rings is 1. The van der Waals surface area contributed by atoms with Gasteiger partial charge in [0.1, 0.15) is 5.82 Å². The zero-order valence-electron chi connectivity index (χ0n) is 18.0. The monoisotopic (exact) mass is 456 g/mol. The Bertz CT molecular complexity index is 1230. The van der Waals surface area contributed by atoms with Gasteiger partial charge in [0.2, 0.25) is 11.8 Å². The highest BCUT2D eigenvalue weighted by Gasteiger charge is 2.22. The summed E-state index contributed by atoms with van der Waals surface area (Å²) in [4.78, 5) is 45.3. The molecule has 0 saturated carbocycles. The Kier molecular flexibility index (Phi) is 6.18. The van der Waals surface area contributed by atoms with Gasteiger partial charge in [0.15, 0.2) is 5.65 Å². The van der Waals surface area contributed by atoms with Gasteiger partial charge in [-0.25, -0.2) is 9.78 Å². The second-order valence-electron chi connectivity index (χ2n) is 7.84. The maximum Gasteiger partial charge on any atom is 0.329 e. The number of nitrogens with zero attached hydrogens (tertiary/aromatic N) is 5. The van der Waals surface area contributed by atoms with E-state index in [2.05, 4.69) is 15.2 Å². The minimum absolute atomic E-state index is 0.0419. The van der Waals surface area contributed by atoms with Crippen LogP contribution < -0.4 is 15.9 Å². The lowest BCUT2D eigenvalue weighted by Crippen LogP contribution is -2.48. The van der Waals surface area contributed by atoms with Gasteiger partial charge in [-0.2, -0.15) is 0 Å². The molecule has 0 radical (unpaired) electrons. The predicted octanol–water partition coefficient (Wildman–Crippen LogP) is 1.99. The molecule has 3 aromatic rings. The van der Waals surface area contributed by atoms with Crippen LogP contribution >= 0.6 is 11.6 Å². The average Bonchev–Trinajstić information content (AvgIpc) is 3.01. The van der Waals surface area contributed by atoms with Crippen LogP contribution in [0, 0.1) is 0 Å². The smallest absolute Gasteiger partial charge is 0.329 e. The Morgan fingerprint density at radius 2 is 1.78 bits per heavy atom. The lowest BCUT2D eigenvalue weighted by atomic mass is 10.2. The molecule has 1 aromatic carbocycles. The van der Waals surface area contributed by atoms with Crippen molar-refractivity contribution >= 4 is 46.1 Å². The van der Waals surface area contributed by atoms with Gasteiger partial charge in [-0.05, 0) is 30.3 Å². The van der Waals surface area contributed by atoms with Crippen molar-refractivity contribution in [3.8, 4) is 0 Å². The summed E-state index contributed by atoms with van der Waals surface area (Å²) in [5.41, 5.74) is 2.04. The quantitative estimate of drug-likeness (QED) is 0.634. The van der Waals surface area contributed by atoms with Crippen LogP contribution in [0.15, 0.2) is 41.2 Å². The number of rotatable bonds is 5. The summed E-state index contributed by atoms with van der Waals surface area (Å²) in [6.07, 6.45) is 0.204. The third-order valence-corrected chi connectivity index (χ3v) is 5.98. The van der Waals surface area contributed by atoms with Crippen molar-refractivity contribution in [2.24, 2.45) is 14.1 Å². The molecule has 1 aliphatic heterocycles. The van der Waals surface area contributed by atoms with E-state index in [1.54, 1.807) is 31.1 Å². The van der Waals surface area contributed by atoms with Crippen molar-refractivity contribution in [3.63, 3.8) is 0 Å². The van der Waals surface area contributed by atoms with Crippen LogP contribution in [0.1, 0.15) is 12.8 Å². The second kappa shape index (κ2) is 9.04. The van der Waals surface area contributed by atoms with E-state index in [0.29, 0.717) is 35.1 Å². The largest absolute Gasteiger partial charge is 0.368 e. The number of carbonyl (C=O) groups is 2. The van der Waals surface area contributed by atoms with Crippen molar-refractivity contribution in [2.75, 3.05) is 36.4 Å². The van der Waals surface area contributed by atoms with Crippen molar-refractivity contribution < 1.29 is 9.59 Å². The second-order valence-corrected chi connectivity index (χ2v) is 8.27. The van der Waals surface area contributed by atoms with E-state index in [-0.39, 0.29) is 30.3 Å². The number of imidazole rings is 1. The Labute approximate surface area is 190 Å². The van der Waals surface area contributed by atoms with Gasteiger partial charge in [0.05, 0.1) is 5.52 Å². The number of piperazine rings is 1. The molecule has 1 aliphatic rings. The molecule has 0 spiro atoms. The molecule has 168 valence electrons. The van der Waals surface area contributed by atoms with Crippen LogP contribution in [0.4, 0.5) is 11.5 Å². The summed E-state index contributed by atoms with van der Waals surface area (Å²) >= 11 is 6.07. The molecule has 0 bridgehead atoms. The number of nitrogens with one attached hydrogen (secondary N) is 1. The van der Waals surface area contributed by atoms with Gasteiger partial charge in [-0.3, -0.25) is 18.7 Å². The van der Waals surface area contributed by atoms with Crippen LogP contribution in [0.25, 0.3) is 11.2 Å². The molecule has 1 N–H and O–H groups in total. The number of carbonyl (C=O) groups excluding carboxylic acids is 2. The van der Waals surface area contributed by atoms with E-state index in [0.717, 1.165) is 18.8 Å². The van der Waals surface area contributed by atoms with Crippen LogP contribution in [0.2, 0.25) is 5.02 Å². The summed E-state index contributed by atoms with van der Waals surface area (Å²) in [6, 6.07) is 11.1. The van der Waals surface area contributed by atoms with Gasteiger partial charge in [-0.15, -0.1) is 0 Å². The molecule has 2 aromatic heterocycles. The van der Waals surface area contributed by atoms with E-state index in [4.69, 9.17) is 11.6 Å². The molecule has 0 aliphatic carbocycles. The summed E-state index contributed by atoms with van der Waals surface area (Å²) in [5.74, 6) is 0.0229. The van der Waals surface area contributed by atoms with Crippen molar-refractivity contribution in [1.29, 1.82) is 0 Å². The fourth-order valence-corrected chi connectivity index (χ4v) is 4.09. The van der Waals surface area contributed by atoms with Crippen LogP contribution in [-0.2, 0) is 23.7 Å².